The first-order valence-electron chi connectivity index (χ1n) is 7.82. The van der Waals surface area contributed by atoms with Crippen LogP contribution in [0.2, 0.25) is 0 Å². The van der Waals surface area contributed by atoms with Crippen LogP contribution in [0, 0.1) is 15.9 Å². The van der Waals surface area contributed by atoms with Gasteiger partial charge in [0.1, 0.15) is 5.82 Å². The number of halogens is 1. The van der Waals surface area contributed by atoms with Gasteiger partial charge in [0.15, 0.2) is 0 Å². The fourth-order valence-electron chi connectivity index (χ4n) is 3.16. The van der Waals surface area contributed by atoms with Crippen molar-refractivity contribution in [2.75, 3.05) is 0 Å². The number of esters is 1. The third kappa shape index (κ3) is 2.71. The molecule has 0 spiro atoms. The van der Waals surface area contributed by atoms with E-state index < -0.39 is 22.6 Å². The second kappa shape index (κ2) is 6.07. The van der Waals surface area contributed by atoms with Gasteiger partial charge in [0.05, 0.1) is 22.6 Å². The Bertz CT molecular complexity index is 1030. The second-order valence-electron chi connectivity index (χ2n) is 5.91. The minimum atomic E-state index is -0.490. The molecular weight excluding hydrogens is 341 g/mol. The van der Waals surface area contributed by atoms with E-state index in [2.05, 4.69) is 10.2 Å². The fourth-order valence-corrected chi connectivity index (χ4v) is 3.16. The molecule has 0 unspecified atom stereocenters. The summed E-state index contributed by atoms with van der Waals surface area (Å²) in [7, 11) is 0. The molecule has 3 aromatic rings. The Morgan fingerprint density at radius 3 is 2.81 bits per heavy atom. The summed E-state index contributed by atoms with van der Waals surface area (Å²) < 4.78 is 18.9. The van der Waals surface area contributed by atoms with E-state index in [4.69, 9.17) is 4.74 Å². The summed E-state index contributed by atoms with van der Waals surface area (Å²) in [5.41, 5.74) is 2.16. The predicted molar refractivity (Wildman–Crippen MR) is 89.2 cm³/mol. The average molecular weight is 353 g/mol. The van der Waals surface area contributed by atoms with Gasteiger partial charge in [-0.3, -0.25) is 20.0 Å². The molecule has 1 N–H and O–H groups in total. The molecule has 0 radical (unpaired) electrons. The third-order valence-electron chi connectivity index (χ3n) is 4.30. The molecule has 0 aliphatic carbocycles. The highest BCUT2D eigenvalue weighted by Gasteiger charge is 2.34. The SMILES string of the molecule is O=C1C[C@@H](c2cccc(F)c2)c2c(n[nH]c2-c2cccc([N+](=O)[O-])c2)O1. The molecule has 7 nitrogen and oxygen atoms in total. The Kier molecular flexibility index (Phi) is 3.72. The van der Waals surface area contributed by atoms with Crippen molar-refractivity contribution in [1.29, 1.82) is 0 Å². The first-order chi connectivity index (χ1) is 12.5. The normalized spacial score (nSPS) is 16.0. The molecule has 1 aromatic heterocycles. The van der Waals surface area contributed by atoms with E-state index in [9.17, 15) is 19.3 Å². The van der Waals surface area contributed by atoms with E-state index in [0.717, 1.165) is 0 Å². The van der Waals surface area contributed by atoms with Gasteiger partial charge in [0.25, 0.3) is 5.69 Å². The maximum atomic E-state index is 13.7. The fraction of sp³-hybridized carbons (Fsp3) is 0.111. The van der Waals surface area contributed by atoms with Gasteiger partial charge >= 0.3 is 5.97 Å². The number of benzene rings is 2. The number of rotatable bonds is 3. The van der Waals surface area contributed by atoms with E-state index in [-0.39, 0.29) is 18.0 Å². The lowest BCUT2D eigenvalue weighted by Crippen LogP contribution is -2.21. The molecule has 0 amide bonds. The number of hydrogen-bond acceptors (Lipinski definition) is 5. The molecule has 0 fully saturated rings. The lowest BCUT2D eigenvalue weighted by Gasteiger charge is -2.22. The van der Waals surface area contributed by atoms with Crippen molar-refractivity contribution in [3.63, 3.8) is 0 Å². The highest BCUT2D eigenvalue weighted by Crippen LogP contribution is 2.43. The Balaban J connectivity index is 1.87. The largest absolute Gasteiger partial charge is 0.405 e. The first kappa shape index (κ1) is 15.9. The minimum Gasteiger partial charge on any atom is -0.405 e. The number of H-pyrrole nitrogens is 1. The number of nitro benzene ring substituents is 1. The molecule has 1 aliphatic rings. The summed E-state index contributed by atoms with van der Waals surface area (Å²) in [5, 5.41) is 17.9. The number of hydrogen-bond donors (Lipinski definition) is 1. The van der Waals surface area contributed by atoms with Crippen molar-refractivity contribution >= 4 is 11.7 Å². The number of nitrogens with zero attached hydrogens (tertiary/aromatic N) is 2. The maximum Gasteiger partial charge on any atom is 0.313 e. The van der Waals surface area contributed by atoms with Crippen LogP contribution in [-0.2, 0) is 4.79 Å². The van der Waals surface area contributed by atoms with Gasteiger partial charge in [0.2, 0.25) is 5.88 Å². The van der Waals surface area contributed by atoms with Crippen molar-refractivity contribution in [2.24, 2.45) is 0 Å². The smallest absolute Gasteiger partial charge is 0.313 e. The number of aromatic amines is 1. The Hall–Kier alpha value is -3.55. The number of non-ortho nitro benzene ring substituents is 1. The summed E-state index contributed by atoms with van der Waals surface area (Å²) in [6.07, 6.45) is 0.0257. The van der Waals surface area contributed by atoms with Crippen molar-refractivity contribution in [3.05, 3.63) is 75.6 Å². The van der Waals surface area contributed by atoms with Crippen LogP contribution in [0.15, 0.2) is 48.5 Å². The Morgan fingerprint density at radius 2 is 2.04 bits per heavy atom. The summed E-state index contributed by atoms with van der Waals surface area (Å²) in [5.74, 6) is -1.24. The molecule has 0 saturated carbocycles. The average Bonchev–Trinajstić information content (AvgIpc) is 3.04. The molecule has 2 aromatic carbocycles. The molecule has 26 heavy (non-hydrogen) atoms. The first-order valence-corrected chi connectivity index (χ1v) is 7.82. The summed E-state index contributed by atoms with van der Waals surface area (Å²) >= 11 is 0. The van der Waals surface area contributed by atoms with Gasteiger partial charge in [-0.15, -0.1) is 5.10 Å². The Labute approximate surface area is 146 Å². The zero-order valence-electron chi connectivity index (χ0n) is 13.3. The topological polar surface area (TPSA) is 98.1 Å². The third-order valence-corrected chi connectivity index (χ3v) is 4.30. The standard InChI is InChI=1S/C18H12FN3O4/c19-12-5-1-3-10(7-12)14-9-15(23)26-18-16(14)17(20-21-18)11-4-2-6-13(8-11)22(24)25/h1-8,14H,9H2,(H,20,21)/t14-/m0/s1. The lowest BCUT2D eigenvalue weighted by molar-refractivity contribution is -0.384. The summed E-state index contributed by atoms with van der Waals surface area (Å²) in [6, 6.07) is 12.0. The van der Waals surface area contributed by atoms with Gasteiger partial charge in [-0.1, -0.05) is 24.3 Å². The molecule has 1 atom stereocenters. The molecule has 130 valence electrons. The van der Waals surface area contributed by atoms with Gasteiger partial charge in [-0.05, 0) is 17.7 Å². The summed E-state index contributed by atoms with van der Waals surface area (Å²) in [6.45, 7) is 0. The van der Waals surface area contributed by atoms with Gasteiger partial charge in [-0.2, -0.15) is 0 Å². The molecule has 1 aliphatic heterocycles. The van der Waals surface area contributed by atoms with E-state index in [1.54, 1.807) is 24.3 Å². The van der Waals surface area contributed by atoms with E-state index in [1.165, 1.54) is 24.3 Å². The second-order valence-corrected chi connectivity index (χ2v) is 5.91. The zero-order valence-corrected chi connectivity index (χ0v) is 13.3. The number of nitrogens with one attached hydrogen (secondary N) is 1. The van der Waals surface area contributed by atoms with Crippen LogP contribution in [0.1, 0.15) is 23.5 Å². The number of aromatic nitrogens is 2. The van der Waals surface area contributed by atoms with Crippen LogP contribution in [-0.4, -0.2) is 21.1 Å². The van der Waals surface area contributed by atoms with Crippen molar-refractivity contribution in [3.8, 4) is 17.1 Å². The highest BCUT2D eigenvalue weighted by atomic mass is 19.1. The number of nitro groups is 1. The maximum absolute atomic E-state index is 13.7. The van der Waals surface area contributed by atoms with Gasteiger partial charge in [0, 0.05) is 23.6 Å². The Morgan fingerprint density at radius 1 is 1.23 bits per heavy atom. The van der Waals surface area contributed by atoms with Crippen LogP contribution < -0.4 is 4.74 Å². The minimum absolute atomic E-state index is 0.0257. The number of carbonyl (C=O) groups is 1. The zero-order chi connectivity index (χ0) is 18.3. The highest BCUT2D eigenvalue weighted by molar-refractivity contribution is 5.80. The molecule has 2 heterocycles. The lowest BCUT2D eigenvalue weighted by atomic mass is 9.85. The molecule has 0 bridgehead atoms. The monoisotopic (exact) mass is 353 g/mol. The van der Waals surface area contributed by atoms with Crippen molar-refractivity contribution < 1.29 is 18.8 Å². The van der Waals surface area contributed by atoms with Crippen LogP contribution in [0.5, 0.6) is 5.88 Å². The number of carbonyl (C=O) groups excluding carboxylic acids is 1. The van der Waals surface area contributed by atoms with Crippen molar-refractivity contribution in [2.45, 2.75) is 12.3 Å². The van der Waals surface area contributed by atoms with Crippen molar-refractivity contribution in [1.82, 2.24) is 10.2 Å². The number of ether oxygens (including phenoxy) is 1. The quantitative estimate of drug-likeness (QED) is 0.441. The van der Waals surface area contributed by atoms with Gasteiger partial charge < -0.3 is 4.74 Å². The molecular formula is C18H12FN3O4. The molecule has 0 saturated heterocycles. The number of fused-ring (bicyclic) bond motifs is 1. The molecule has 4 rings (SSSR count). The molecule has 8 heteroatoms. The van der Waals surface area contributed by atoms with E-state index in [1.807, 2.05) is 0 Å². The van der Waals surface area contributed by atoms with Gasteiger partial charge in [-0.25, -0.2) is 4.39 Å². The van der Waals surface area contributed by atoms with Crippen LogP contribution in [0.25, 0.3) is 11.3 Å². The van der Waals surface area contributed by atoms with Crippen LogP contribution in [0.4, 0.5) is 10.1 Å². The summed E-state index contributed by atoms with van der Waals surface area (Å²) in [4.78, 5) is 22.5. The van der Waals surface area contributed by atoms with E-state index >= 15 is 0 Å². The van der Waals surface area contributed by atoms with Crippen LogP contribution >= 0.6 is 0 Å². The predicted octanol–water partition coefficient (Wildman–Crippen LogP) is 3.57. The van der Waals surface area contributed by atoms with Crippen LogP contribution in [0.3, 0.4) is 0 Å². The van der Waals surface area contributed by atoms with E-state index in [0.29, 0.717) is 22.4 Å².